The van der Waals surface area contributed by atoms with E-state index >= 15 is 4.39 Å². The summed E-state index contributed by atoms with van der Waals surface area (Å²) in [6.45, 7) is 0. The van der Waals surface area contributed by atoms with E-state index in [1.165, 1.54) is 6.20 Å². The quantitative estimate of drug-likeness (QED) is 0.732. The molecule has 1 aliphatic rings. The molecule has 2 heterocycles. The molecule has 0 bridgehead atoms. The molecule has 0 radical (unpaired) electrons. The van der Waals surface area contributed by atoms with Crippen molar-refractivity contribution in [3.63, 3.8) is 0 Å². The maximum Gasteiger partial charge on any atom is 0.321 e. The largest absolute Gasteiger partial charge is 0.421 e. The molecule has 6 nitrogen and oxygen atoms in total. The number of rotatable bonds is 4. The van der Waals surface area contributed by atoms with Gasteiger partial charge in [-0.3, -0.25) is 0 Å². The summed E-state index contributed by atoms with van der Waals surface area (Å²) in [6.07, 6.45) is 7.58. The average Bonchev–Trinajstić information content (AvgIpc) is 2.60. The molecule has 0 saturated heterocycles. The topological polar surface area (TPSA) is 86.8 Å². The van der Waals surface area contributed by atoms with Crippen LogP contribution in [-0.4, -0.2) is 19.9 Å². The Morgan fingerprint density at radius 3 is 2.58 bits per heavy atom. The fourth-order valence-corrected chi connectivity index (χ4v) is 2.99. The number of aromatic nitrogens is 4. The minimum Gasteiger partial charge on any atom is -0.421 e. The van der Waals surface area contributed by atoms with E-state index in [1.54, 1.807) is 24.5 Å². The van der Waals surface area contributed by atoms with Gasteiger partial charge in [0.1, 0.15) is 0 Å². The number of nitrogens with two attached hydrogens (primary N) is 1. The number of benzene rings is 1. The molecule has 4 rings (SSSR count). The van der Waals surface area contributed by atoms with Gasteiger partial charge in [0.15, 0.2) is 22.5 Å². The second-order valence-electron chi connectivity index (χ2n) is 6.04. The highest BCUT2D eigenvalue weighted by atomic mass is 35.5. The van der Waals surface area contributed by atoms with Crippen LogP contribution in [0, 0.1) is 5.82 Å². The van der Waals surface area contributed by atoms with Crippen molar-refractivity contribution >= 4 is 17.4 Å². The molecule has 0 amide bonds. The first kappa shape index (κ1) is 16.7. The second-order valence-corrected chi connectivity index (χ2v) is 6.40. The van der Waals surface area contributed by atoms with E-state index in [-0.39, 0.29) is 39.9 Å². The number of halogens is 2. The Morgan fingerprint density at radius 1 is 1.15 bits per heavy atom. The minimum atomic E-state index is -0.544. The van der Waals surface area contributed by atoms with Crippen LogP contribution in [-0.2, 0) is 0 Å². The molecule has 1 saturated carbocycles. The van der Waals surface area contributed by atoms with Crippen molar-refractivity contribution in [2.45, 2.75) is 25.2 Å². The van der Waals surface area contributed by atoms with Gasteiger partial charge in [0.25, 0.3) is 0 Å². The van der Waals surface area contributed by atoms with Crippen molar-refractivity contribution in [2.75, 3.05) is 5.73 Å². The highest BCUT2D eigenvalue weighted by Crippen LogP contribution is 2.44. The predicted molar refractivity (Wildman–Crippen MR) is 95.5 cm³/mol. The zero-order valence-electron chi connectivity index (χ0n) is 13.7. The van der Waals surface area contributed by atoms with Gasteiger partial charge in [-0.1, -0.05) is 24.1 Å². The van der Waals surface area contributed by atoms with Gasteiger partial charge in [-0.25, -0.2) is 24.3 Å². The Balaban J connectivity index is 1.81. The first-order valence-electron chi connectivity index (χ1n) is 8.19. The van der Waals surface area contributed by atoms with E-state index in [0.29, 0.717) is 0 Å². The fourth-order valence-electron chi connectivity index (χ4n) is 2.85. The normalized spacial score (nSPS) is 14.1. The molecule has 0 unspecified atom stereocenters. The summed E-state index contributed by atoms with van der Waals surface area (Å²) in [5.74, 6) is -0.0698. The van der Waals surface area contributed by atoms with E-state index < -0.39 is 5.82 Å². The molecule has 0 atom stereocenters. The molecule has 3 aromatic rings. The highest BCUT2D eigenvalue weighted by Gasteiger charge is 2.27. The van der Waals surface area contributed by atoms with Crippen molar-refractivity contribution in [1.29, 1.82) is 0 Å². The van der Waals surface area contributed by atoms with Crippen molar-refractivity contribution < 1.29 is 9.13 Å². The first-order chi connectivity index (χ1) is 12.6. The summed E-state index contributed by atoms with van der Waals surface area (Å²) < 4.78 is 21.0. The Labute approximate surface area is 154 Å². The van der Waals surface area contributed by atoms with E-state index in [0.717, 1.165) is 24.8 Å². The smallest absolute Gasteiger partial charge is 0.321 e. The summed E-state index contributed by atoms with van der Waals surface area (Å²) >= 11 is 5.93. The van der Waals surface area contributed by atoms with Gasteiger partial charge in [0.2, 0.25) is 0 Å². The number of anilines is 1. The average molecular weight is 372 g/mol. The fraction of sp³-hybridized carbons (Fsp3) is 0.222. The molecule has 1 aromatic carbocycles. The number of hydrogen-bond acceptors (Lipinski definition) is 6. The third kappa shape index (κ3) is 3.06. The van der Waals surface area contributed by atoms with Crippen LogP contribution in [0.4, 0.5) is 10.2 Å². The zero-order chi connectivity index (χ0) is 18.1. The van der Waals surface area contributed by atoms with Gasteiger partial charge in [0.05, 0.1) is 11.9 Å². The lowest BCUT2D eigenvalue weighted by Gasteiger charge is -2.28. The van der Waals surface area contributed by atoms with Crippen LogP contribution >= 0.6 is 11.6 Å². The zero-order valence-corrected chi connectivity index (χ0v) is 14.4. The third-order valence-electron chi connectivity index (χ3n) is 4.44. The van der Waals surface area contributed by atoms with Gasteiger partial charge in [-0.05, 0) is 30.9 Å². The van der Waals surface area contributed by atoms with Gasteiger partial charge in [0, 0.05) is 23.5 Å². The van der Waals surface area contributed by atoms with Crippen molar-refractivity contribution in [1.82, 2.24) is 19.9 Å². The SMILES string of the molecule is Nc1ncc(-c2ccc(C3CCC3)c(Oc3ncccn3)c2F)nc1Cl. The molecular formula is C18H15ClFN5O. The molecule has 8 heteroatoms. The molecule has 2 N–H and O–H groups in total. The molecule has 1 aliphatic carbocycles. The number of hydrogen-bond donors (Lipinski definition) is 1. The van der Waals surface area contributed by atoms with Crippen LogP contribution in [0.2, 0.25) is 5.15 Å². The Morgan fingerprint density at radius 2 is 1.92 bits per heavy atom. The maximum absolute atomic E-state index is 15.3. The van der Waals surface area contributed by atoms with Crippen LogP contribution in [0.25, 0.3) is 11.3 Å². The number of ether oxygens (including phenoxy) is 1. The minimum absolute atomic E-state index is 0.0267. The second kappa shape index (κ2) is 6.84. The van der Waals surface area contributed by atoms with E-state index in [2.05, 4.69) is 19.9 Å². The van der Waals surface area contributed by atoms with Gasteiger partial charge in [-0.2, -0.15) is 0 Å². The van der Waals surface area contributed by atoms with Crippen molar-refractivity contribution in [3.8, 4) is 23.0 Å². The predicted octanol–water partition coefficient (Wildman–Crippen LogP) is 4.37. The van der Waals surface area contributed by atoms with Gasteiger partial charge >= 0.3 is 6.01 Å². The van der Waals surface area contributed by atoms with Crippen LogP contribution < -0.4 is 10.5 Å². The maximum atomic E-state index is 15.3. The molecule has 2 aromatic heterocycles. The van der Waals surface area contributed by atoms with Crippen LogP contribution in [0.15, 0.2) is 36.8 Å². The summed E-state index contributed by atoms with van der Waals surface area (Å²) in [7, 11) is 0. The third-order valence-corrected chi connectivity index (χ3v) is 4.72. The molecule has 1 fully saturated rings. The number of nitrogen functional groups attached to an aromatic ring is 1. The molecule has 132 valence electrons. The van der Waals surface area contributed by atoms with Crippen LogP contribution in [0.1, 0.15) is 30.7 Å². The van der Waals surface area contributed by atoms with E-state index in [9.17, 15) is 0 Å². The number of nitrogens with zero attached hydrogens (tertiary/aromatic N) is 4. The lowest BCUT2D eigenvalue weighted by atomic mass is 9.79. The highest BCUT2D eigenvalue weighted by molar-refractivity contribution is 6.31. The molecular weight excluding hydrogens is 357 g/mol. The summed E-state index contributed by atoms with van der Waals surface area (Å²) in [4.78, 5) is 16.1. The van der Waals surface area contributed by atoms with Crippen molar-refractivity contribution in [2.24, 2.45) is 0 Å². The van der Waals surface area contributed by atoms with Crippen LogP contribution in [0.3, 0.4) is 0 Å². The summed E-state index contributed by atoms with van der Waals surface area (Å²) in [5.41, 5.74) is 6.90. The Kier molecular flexibility index (Phi) is 4.38. The Bertz CT molecular complexity index is 950. The first-order valence-corrected chi connectivity index (χ1v) is 8.57. The standard InChI is InChI=1S/C18H15ClFN5O/c19-16-17(21)24-9-13(25-16)12-6-5-11(10-3-1-4-10)15(14(12)20)26-18-22-7-2-8-23-18/h2,5-10H,1,3-4H2,(H2,21,24). The summed E-state index contributed by atoms with van der Waals surface area (Å²) in [5, 5.41) is 0.0267. The van der Waals surface area contributed by atoms with E-state index in [4.69, 9.17) is 22.1 Å². The summed E-state index contributed by atoms with van der Waals surface area (Å²) in [6, 6.07) is 5.27. The molecule has 0 aliphatic heterocycles. The van der Waals surface area contributed by atoms with Crippen LogP contribution in [0.5, 0.6) is 11.8 Å². The van der Waals surface area contributed by atoms with Gasteiger partial charge < -0.3 is 10.5 Å². The van der Waals surface area contributed by atoms with Gasteiger partial charge in [-0.15, -0.1) is 0 Å². The van der Waals surface area contributed by atoms with Crippen molar-refractivity contribution in [3.05, 3.63) is 53.3 Å². The Hall–Kier alpha value is -2.80. The monoisotopic (exact) mass is 371 g/mol. The van der Waals surface area contributed by atoms with E-state index in [1.807, 2.05) is 6.07 Å². The lowest BCUT2D eigenvalue weighted by molar-refractivity contribution is 0.371. The molecule has 0 spiro atoms. The lowest BCUT2D eigenvalue weighted by Crippen LogP contribution is -2.11. The molecule has 26 heavy (non-hydrogen) atoms.